The van der Waals surface area contributed by atoms with E-state index in [1.54, 1.807) is 0 Å². The van der Waals surface area contributed by atoms with Gasteiger partial charge in [0.1, 0.15) is 17.5 Å². The number of anilines is 1. The van der Waals surface area contributed by atoms with Gasteiger partial charge in [0.2, 0.25) is 0 Å². The van der Waals surface area contributed by atoms with Crippen LogP contribution in [0.2, 0.25) is 0 Å². The van der Waals surface area contributed by atoms with Crippen molar-refractivity contribution in [3.63, 3.8) is 0 Å². The molecular formula is C13H19N5. The molecule has 0 spiro atoms. The lowest BCUT2D eigenvalue weighted by molar-refractivity contribution is 0.705. The van der Waals surface area contributed by atoms with Crippen LogP contribution in [0, 0.1) is 13.8 Å². The molecular weight excluding hydrogens is 226 g/mol. The van der Waals surface area contributed by atoms with Crippen molar-refractivity contribution in [1.82, 2.24) is 19.5 Å². The van der Waals surface area contributed by atoms with E-state index in [1.807, 2.05) is 33.3 Å². The van der Waals surface area contributed by atoms with E-state index in [0.29, 0.717) is 0 Å². The Morgan fingerprint density at radius 3 is 2.72 bits per heavy atom. The average molecular weight is 245 g/mol. The molecule has 0 aliphatic heterocycles. The molecule has 1 N–H and O–H groups in total. The highest BCUT2D eigenvalue weighted by Gasteiger charge is 2.11. The maximum absolute atomic E-state index is 4.53. The van der Waals surface area contributed by atoms with Gasteiger partial charge in [-0.15, -0.1) is 0 Å². The highest BCUT2D eigenvalue weighted by atomic mass is 15.1. The topological polar surface area (TPSA) is 55.6 Å². The number of aryl methyl sites for hydroxylation is 2. The second kappa shape index (κ2) is 5.16. The van der Waals surface area contributed by atoms with Crippen LogP contribution in [0.15, 0.2) is 12.4 Å². The number of nitrogens with zero attached hydrogens (tertiary/aromatic N) is 4. The fourth-order valence-electron chi connectivity index (χ4n) is 2.05. The zero-order valence-electron chi connectivity index (χ0n) is 11.4. The van der Waals surface area contributed by atoms with Crippen molar-refractivity contribution in [2.45, 2.75) is 33.7 Å². The van der Waals surface area contributed by atoms with Gasteiger partial charge in [0.15, 0.2) is 0 Å². The Kier molecular flexibility index (Phi) is 3.60. The minimum Gasteiger partial charge on any atom is -0.373 e. The lowest BCUT2D eigenvalue weighted by Gasteiger charge is -2.11. The summed E-state index contributed by atoms with van der Waals surface area (Å²) in [4.78, 5) is 13.3. The lowest BCUT2D eigenvalue weighted by atomic mass is 10.1. The van der Waals surface area contributed by atoms with Gasteiger partial charge >= 0.3 is 0 Å². The molecule has 0 unspecified atom stereocenters. The molecule has 2 rings (SSSR count). The molecule has 2 aromatic rings. The predicted molar refractivity (Wildman–Crippen MR) is 71.8 cm³/mol. The molecule has 0 aliphatic carbocycles. The first-order chi connectivity index (χ1) is 8.65. The highest BCUT2D eigenvalue weighted by Crippen LogP contribution is 2.17. The molecule has 0 radical (unpaired) electrons. The van der Waals surface area contributed by atoms with Crippen LogP contribution in [0.5, 0.6) is 0 Å². The third-order valence-electron chi connectivity index (χ3n) is 3.06. The van der Waals surface area contributed by atoms with E-state index in [9.17, 15) is 0 Å². The number of aromatic nitrogens is 4. The number of rotatable bonds is 4. The summed E-state index contributed by atoms with van der Waals surface area (Å²) in [5.41, 5.74) is 2.13. The van der Waals surface area contributed by atoms with E-state index in [0.717, 1.165) is 41.7 Å². The fraction of sp³-hybridized carbons (Fsp3) is 0.462. The van der Waals surface area contributed by atoms with Gasteiger partial charge in [0, 0.05) is 38.0 Å². The molecule has 0 aliphatic rings. The Labute approximate surface area is 107 Å². The van der Waals surface area contributed by atoms with Crippen molar-refractivity contribution in [3.8, 4) is 0 Å². The number of hydrogen-bond donors (Lipinski definition) is 1. The molecule has 0 bridgehead atoms. The Hall–Kier alpha value is -1.91. The summed E-state index contributed by atoms with van der Waals surface area (Å²) in [6, 6.07) is 0. The summed E-state index contributed by atoms with van der Waals surface area (Å²) < 4.78 is 2.13. The van der Waals surface area contributed by atoms with Crippen molar-refractivity contribution >= 4 is 5.82 Å². The summed E-state index contributed by atoms with van der Waals surface area (Å²) in [7, 11) is 1.88. The molecule has 0 saturated carbocycles. The zero-order chi connectivity index (χ0) is 13.1. The Bertz CT molecular complexity index is 544. The smallest absolute Gasteiger partial charge is 0.132 e. The Morgan fingerprint density at radius 1 is 1.28 bits per heavy atom. The predicted octanol–water partition coefficient (Wildman–Crippen LogP) is 1.94. The molecule has 0 saturated heterocycles. The minimum atomic E-state index is 0.741. The van der Waals surface area contributed by atoms with E-state index in [-0.39, 0.29) is 0 Å². The first-order valence-corrected chi connectivity index (χ1v) is 6.17. The van der Waals surface area contributed by atoms with Gasteiger partial charge in [-0.3, -0.25) is 0 Å². The SMILES string of the molecule is CCn1ccnc1Cc1nc(C)nc(NC)c1C. The second-order valence-corrected chi connectivity index (χ2v) is 4.25. The van der Waals surface area contributed by atoms with E-state index in [2.05, 4.69) is 31.8 Å². The molecule has 5 nitrogen and oxygen atoms in total. The van der Waals surface area contributed by atoms with Crippen molar-refractivity contribution in [3.05, 3.63) is 35.3 Å². The maximum Gasteiger partial charge on any atom is 0.132 e. The van der Waals surface area contributed by atoms with Gasteiger partial charge in [-0.05, 0) is 20.8 Å². The van der Waals surface area contributed by atoms with E-state index < -0.39 is 0 Å². The maximum atomic E-state index is 4.53. The van der Waals surface area contributed by atoms with Crippen LogP contribution in [0.4, 0.5) is 5.82 Å². The second-order valence-electron chi connectivity index (χ2n) is 4.25. The third-order valence-corrected chi connectivity index (χ3v) is 3.06. The van der Waals surface area contributed by atoms with Crippen molar-refractivity contribution in [2.75, 3.05) is 12.4 Å². The minimum absolute atomic E-state index is 0.741. The number of imidazole rings is 1. The number of hydrogen-bond acceptors (Lipinski definition) is 4. The number of nitrogens with one attached hydrogen (secondary N) is 1. The van der Waals surface area contributed by atoms with E-state index >= 15 is 0 Å². The standard InChI is InChI=1S/C13H19N5/c1-5-18-7-6-15-12(18)8-11-9(2)13(14-4)17-10(3)16-11/h6-7H,5,8H2,1-4H3,(H,14,16,17). The molecule has 5 heteroatoms. The highest BCUT2D eigenvalue weighted by molar-refractivity contribution is 5.45. The largest absolute Gasteiger partial charge is 0.373 e. The van der Waals surface area contributed by atoms with Gasteiger partial charge in [-0.25, -0.2) is 15.0 Å². The summed E-state index contributed by atoms with van der Waals surface area (Å²) in [6.07, 6.45) is 4.57. The first-order valence-electron chi connectivity index (χ1n) is 6.17. The fourth-order valence-corrected chi connectivity index (χ4v) is 2.05. The zero-order valence-corrected chi connectivity index (χ0v) is 11.4. The van der Waals surface area contributed by atoms with Crippen LogP contribution in [0.25, 0.3) is 0 Å². The molecule has 0 amide bonds. The van der Waals surface area contributed by atoms with Gasteiger partial charge in [-0.2, -0.15) is 0 Å². The van der Waals surface area contributed by atoms with Crippen molar-refractivity contribution in [1.29, 1.82) is 0 Å². The normalized spacial score (nSPS) is 10.7. The molecule has 2 heterocycles. The van der Waals surface area contributed by atoms with Crippen molar-refractivity contribution in [2.24, 2.45) is 0 Å². The lowest BCUT2D eigenvalue weighted by Crippen LogP contribution is -2.09. The van der Waals surface area contributed by atoms with Gasteiger partial charge in [0.25, 0.3) is 0 Å². The van der Waals surface area contributed by atoms with Crippen LogP contribution >= 0.6 is 0 Å². The van der Waals surface area contributed by atoms with Crippen LogP contribution in [-0.4, -0.2) is 26.6 Å². The summed E-state index contributed by atoms with van der Waals surface area (Å²) in [5.74, 6) is 2.72. The van der Waals surface area contributed by atoms with Crippen LogP contribution in [0.3, 0.4) is 0 Å². The molecule has 0 aromatic carbocycles. The first kappa shape index (κ1) is 12.5. The summed E-state index contributed by atoms with van der Waals surface area (Å²) in [5, 5.41) is 3.11. The Balaban J connectivity index is 2.37. The Morgan fingerprint density at radius 2 is 2.06 bits per heavy atom. The summed E-state index contributed by atoms with van der Waals surface area (Å²) >= 11 is 0. The third kappa shape index (κ3) is 2.34. The molecule has 18 heavy (non-hydrogen) atoms. The van der Waals surface area contributed by atoms with Crippen molar-refractivity contribution < 1.29 is 0 Å². The van der Waals surface area contributed by atoms with Gasteiger partial charge < -0.3 is 9.88 Å². The quantitative estimate of drug-likeness (QED) is 0.894. The molecule has 2 aromatic heterocycles. The van der Waals surface area contributed by atoms with E-state index in [4.69, 9.17) is 0 Å². The molecule has 0 atom stereocenters. The van der Waals surface area contributed by atoms with E-state index in [1.165, 1.54) is 0 Å². The summed E-state index contributed by atoms with van der Waals surface area (Å²) in [6.45, 7) is 7.00. The van der Waals surface area contributed by atoms with Crippen LogP contribution in [-0.2, 0) is 13.0 Å². The molecule has 0 fully saturated rings. The van der Waals surface area contributed by atoms with Gasteiger partial charge in [0.05, 0.1) is 5.69 Å². The van der Waals surface area contributed by atoms with Gasteiger partial charge in [-0.1, -0.05) is 0 Å². The monoisotopic (exact) mass is 245 g/mol. The van der Waals surface area contributed by atoms with Crippen LogP contribution in [0.1, 0.15) is 29.8 Å². The molecule has 96 valence electrons. The average Bonchev–Trinajstić information content (AvgIpc) is 2.80. The van der Waals surface area contributed by atoms with Crippen LogP contribution < -0.4 is 5.32 Å².